The number of halogens is 3. The highest BCUT2D eigenvalue weighted by Gasteiger charge is 2.30. The average Bonchev–Trinajstić information content (AvgIpc) is 3.19. The fraction of sp³-hybridized carbons (Fsp3) is 0.304. The second-order valence-electron chi connectivity index (χ2n) is 7.69. The maximum Gasteiger partial charge on any atom is 0.416 e. The highest BCUT2D eigenvalue weighted by Crippen LogP contribution is 2.29. The zero-order valence-electron chi connectivity index (χ0n) is 17.1. The van der Waals surface area contributed by atoms with Gasteiger partial charge in [-0.05, 0) is 55.0 Å². The number of amides is 1. The van der Waals surface area contributed by atoms with Crippen molar-refractivity contribution in [3.8, 4) is 5.69 Å². The van der Waals surface area contributed by atoms with E-state index < -0.39 is 11.7 Å². The van der Waals surface area contributed by atoms with E-state index in [2.05, 4.69) is 10.00 Å². The van der Waals surface area contributed by atoms with Crippen LogP contribution in [-0.4, -0.2) is 51.7 Å². The molecule has 0 unspecified atom stereocenters. The van der Waals surface area contributed by atoms with Gasteiger partial charge in [0.1, 0.15) is 0 Å². The van der Waals surface area contributed by atoms with Gasteiger partial charge in [0.05, 0.1) is 11.3 Å². The fourth-order valence-electron chi connectivity index (χ4n) is 3.73. The van der Waals surface area contributed by atoms with Crippen molar-refractivity contribution < 1.29 is 18.0 Å². The Labute approximate surface area is 178 Å². The lowest BCUT2D eigenvalue weighted by Gasteiger charge is -2.34. The van der Waals surface area contributed by atoms with Crippen LogP contribution in [0.3, 0.4) is 0 Å². The van der Waals surface area contributed by atoms with E-state index in [-0.39, 0.29) is 5.91 Å². The highest BCUT2D eigenvalue weighted by atomic mass is 19.4. The van der Waals surface area contributed by atoms with Gasteiger partial charge in [-0.3, -0.25) is 9.69 Å². The topological polar surface area (TPSA) is 41.4 Å². The molecule has 0 radical (unpaired) electrons. The fourth-order valence-corrected chi connectivity index (χ4v) is 3.73. The Kier molecular flexibility index (Phi) is 5.82. The first-order valence-corrected chi connectivity index (χ1v) is 10.1. The van der Waals surface area contributed by atoms with Crippen LogP contribution in [0.1, 0.15) is 27.2 Å². The zero-order chi connectivity index (χ0) is 22.0. The van der Waals surface area contributed by atoms with Crippen molar-refractivity contribution in [2.75, 3.05) is 26.2 Å². The molecule has 162 valence electrons. The molecule has 8 heteroatoms. The van der Waals surface area contributed by atoms with Crippen molar-refractivity contribution in [2.24, 2.45) is 0 Å². The Bertz CT molecular complexity index is 1030. The molecular formula is C23H23F3N4O. The minimum absolute atomic E-state index is 0.0158. The van der Waals surface area contributed by atoms with Gasteiger partial charge in [-0.2, -0.15) is 18.3 Å². The number of aryl methyl sites for hydroxylation is 1. The molecule has 3 aromatic rings. The van der Waals surface area contributed by atoms with Crippen molar-refractivity contribution in [1.82, 2.24) is 19.6 Å². The number of hydrogen-bond acceptors (Lipinski definition) is 3. The van der Waals surface area contributed by atoms with Crippen molar-refractivity contribution in [1.29, 1.82) is 0 Å². The third-order valence-corrected chi connectivity index (χ3v) is 5.54. The average molecular weight is 428 g/mol. The van der Waals surface area contributed by atoms with E-state index >= 15 is 0 Å². The number of benzene rings is 2. The van der Waals surface area contributed by atoms with Gasteiger partial charge in [-0.15, -0.1) is 0 Å². The summed E-state index contributed by atoms with van der Waals surface area (Å²) in [5.41, 5.74) is 2.74. The van der Waals surface area contributed by atoms with Crippen molar-refractivity contribution in [2.45, 2.75) is 19.6 Å². The molecule has 1 amide bonds. The number of nitrogens with zero attached hydrogens (tertiary/aromatic N) is 4. The molecule has 1 aliphatic heterocycles. The molecule has 0 bridgehead atoms. The summed E-state index contributed by atoms with van der Waals surface area (Å²) in [5.74, 6) is -0.0158. The normalized spacial score (nSPS) is 15.3. The minimum atomic E-state index is -4.32. The Hall–Kier alpha value is -3.13. The number of carbonyl (C=O) groups excluding carboxylic acids is 1. The Balaban J connectivity index is 1.32. The molecule has 1 saturated heterocycles. The lowest BCUT2D eigenvalue weighted by Crippen LogP contribution is -2.48. The van der Waals surface area contributed by atoms with Gasteiger partial charge in [-0.25, -0.2) is 4.68 Å². The van der Waals surface area contributed by atoms with E-state index in [4.69, 9.17) is 0 Å². The van der Waals surface area contributed by atoms with Crippen LogP contribution < -0.4 is 0 Å². The van der Waals surface area contributed by atoms with E-state index in [1.807, 2.05) is 46.8 Å². The molecule has 4 rings (SSSR count). The molecule has 1 fully saturated rings. The van der Waals surface area contributed by atoms with E-state index in [0.717, 1.165) is 29.1 Å². The summed E-state index contributed by atoms with van der Waals surface area (Å²) in [6.07, 6.45) is -2.58. The molecule has 0 aliphatic carbocycles. The number of alkyl halides is 3. The number of aromatic nitrogens is 2. The predicted octanol–water partition coefficient (Wildman–Crippen LogP) is 4.16. The van der Waals surface area contributed by atoms with Crippen LogP contribution in [-0.2, 0) is 12.7 Å². The lowest BCUT2D eigenvalue weighted by molar-refractivity contribution is -0.137. The maximum absolute atomic E-state index is 12.8. The quantitative estimate of drug-likeness (QED) is 0.627. The van der Waals surface area contributed by atoms with Gasteiger partial charge in [0.2, 0.25) is 0 Å². The molecule has 0 atom stereocenters. The van der Waals surface area contributed by atoms with Crippen LogP contribution in [0.25, 0.3) is 5.69 Å². The molecule has 0 N–H and O–H groups in total. The summed E-state index contributed by atoms with van der Waals surface area (Å²) < 4.78 is 39.9. The Morgan fingerprint density at radius 3 is 2.13 bits per heavy atom. The first kappa shape index (κ1) is 21.1. The van der Waals surface area contributed by atoms with Crippen molar-refractivity contribution in [3.63, 3.8) is 0 Å². The van der Waals surface area contributed by atoms with Crippen LogP contribution >= 0.6 is 0 Å². The molecule has 2 heterocycles. The maximum atomic E-state index is 12.8. The third kappa shape index (κ3) is 4.80. The lowest BCUT2D eigenvalue weighted by atomic mass is 10.1. The van der Waals surface area contributed by atoms with Gasteiger partial charge in [0.25, 0.3) is 5.91 Å². The standard InChI is InChI=1S/C23H23F3N4O/c1-17-10-11-27-30(17)21-8-4-19(5-9-21)22(31)29-14-12-28(13-15-29)16-18-2-6-20(7-3-18)23(24,25)26/h2-11H,12-16H2,1H3. The molecular weight excluding hydrogens is 405 g/mol. The van der Waals surface area contributed by atoms with Crippen LogP contribution in [0.2, 0.25) is 0 Å². The number of carbonyl (C=O) groups is 1. The van der Waals surface area contributed by atoms with Gasteiger partial charge in [-0.1, -0.05) is 12.1 Å². The van der Waals surface area contributed by atoms with Gasteiger partial charge < -0.3 is 4.90 Å². The Morgan fingerprint density at radius 2 is 1.58 bits per heavy atom. The van der Waals surface area contributed by atoms with Crippen molar-refractivity contribution >= 4 is 5.91 Å². The van der Waals surface area contributed by atoms with E-state index in [1.165, 1.54) is 12.1 Å². The predicted molar refractivity (Wildman–Crippen MR) is 111 cm³/mol. The first-order valence-electron chi connectivity index (χ1n) is 10.1. The second-order valence-corrected chi connectivity index (χ2v) is 7.69. The molecule has 5 nitrogen and oxygen atoms in total. The zero-order valence-corrected chi connectivity index (χ0v) is 17.1. The van der Waals surface area contributed by atoms with Gasteiger partial charge in [0.15, 0.2) is 0 Å². The molecule has 0 spiro atoms. The van der Waals surface area contributed by atoms with Crippen molar-refractivity contribution in [3.05, 3.63) is 83.2 Å². The van der Waals surface area contributed by atoms with Gasteiger partial charge in [0, 0.05) is 50.2 Å². The van der Waals surface area contributed by atoms with Crippen LogP contribution in [0, 0.1) is 6.92 Å². The summed E-state index contributed by atoms with van der Waals surface area (Å²) in [4.78, 5) is 16.8. The van der Waals surface area contributed by atoms with Gasteiger partial charge >= 0.3 is 6.18 Å². The molecule has 31 heavy (non-hydrogen) atoms. The number of rotatable bonds is 4. The highest BCUT2D eigenvalue weighted by molar-refractivity contribution is 5.94. The van der Waals surface area contributed by atoms with E-state index in [0.29, 0.717) is 38.3 Å². The molecule has 2 aromatic carbocycles. The minimum Gasteiger partial charge on any atom is -0.336 e. The number of piperazine rings is 1. The summed E-state index contributed by atoms with van der Waals surface area (Å²) in [5, 5.41) is 4.27. The molecule has 0 saturated carbocycles. The SMILES string of the molecule is Cc1ccnn1-c1ccc(C(=O)N2CCN(Cc3ccc(C(F)(F)F)cc3)CC2)cc1. The van der Waals surface area contributed by atoms with E-state index in [1.54, 1.807) is 6.20 Å². The molecule has 1 aromatic heterocycles. The van der Waals surface area contributed by atoms with E-state index in [9.17, 15) is 18.0 Å². The summed E-state index contributed by atoms with van der Waals surface area (Å²) in [6.45, 7) is 5.06. The third-order valence-electron chi connectivity index (χ3n) is 5.54. The largest absolute Gasteiger partial charge is 0.416 e. The van der Waals surface area contributed by atoms with Crippen LogP contribution in [0.4, 0.5) is 13.2 Å². The number of hydrogen-bond donors (Lipinski definition) is 0. The first-order chi connectivity index (χ1) is 14.8. The summed E-state index contributed by atoms with van der Waals surface area (Å²) in [7, 11) is 0. The summed E-state index contributed by atoms with van der Waals surface area (Å²) >= 11 is 0. The second kappa shape index (κ2) is 8.55. The smallest absolute Gasteiger partial charge is 0.336 e. The van der Waals surface area contributed by atoms with Crippen LogP contribution in [0.5, 0.6) is 0 Å². The molecule has 1 aliphatic rings. The van der Waals surface area contributed by atoms with Crippen LogP contribution in [0.15, 0.2) is 60.8 Å². The Morgan fingerprint density at radius 1 is 0.935 bits per heavy atom. The monoisotopic (exact) mass is 428 g/mol. The summed E-state index contributed by atoms with van der Waals surface area (Å²) in [6, 6.07) is 14.6.